The number of methoxy groups -OCH3 is 1. The standard InChI is InChI=1S/C9H10ClFO/c1-12-6-8-3-2-7(5-10)4-9(8)11/h2-4H,5-6H2,1H3. The van der Waals surface area contributed by atoms with E-state index in [4.69, 9.17) is 16.3 Å². The van der Waals surface area contributed by atoms with Gasteiger partial charge in [-0.2, -0.15) is 0 Å². The fourth-order valence-electron chi connectivity index (χ4n) is 0.946. The molecule has 12 heavy (non-hydrogen) atoms. The van der Waals surface area contributed by atoms with Crippen molar-refractivity contribution < 1.29 is 9.13 Å². The summed E-state index contributed by atoms with van der Waals surface area (Å²) in [5, 5.41) is 0. The molecule has 0 saturated heterocycles. The molecular weight excluding hydrogens is 179 g/mol. The molecule has 0 saturated carbocycles. The summed E-state index contributed by atoms with van der Waals surface area (Å²) >= 11 is 5.53. The predicted octanol–water partition coefficient (Wildman–Crippen LogP) is 2.71. The van der Waals surface area contributed by atoms with Crippen molar-refractivity contribution in [2.75, 3.05) is 7.11 Å². The normalized spacial score (nSPS) is 10.2. The Bertz CT molecular complexity index is 263. The zero-order chi connectivity index (χ0) is 8.97. The van der Waals surface area contributed by atoms with Gasteiger partial charge < -0.3 is 4.74 Å². The van der Waals surface area contributed by atoms with Gasteiger partial charge in [0.25, 0.3) is 0 Å². The summed E-state index contributed by atoms with van der Waals surface area (Å²) in [5.41, 5.74) is 1.35. The van der Waals surface area contributed by atoms with Gasteiger partial charge in [-0.3, -0.25) is 0 Å². The monoisotopic (exact) mass is 188 g/mol. The lowest BCUT2D eigenvalue weighted by Crippen LogP contribution is -1.93. The zero-order valence-electron chi connectivity index (χ0n) is 6.81. The van der Waals surface area contributed by atoms with Gasteiger partial charge in [-0.1, -0.05) is 12.1 Å². The van der Waals surface area contributed by atoms with Gasteiger partial charge in [0.15, 0.2) is 0 Å². The maximum Gasteiger partial charge on any atom is 0.129 e. The molecule has 1 nitrogen and oxygen atoms in total. The first-order chi connectivity index (χ1) is 5.77. The fraction of sp³-hybridized carbons (Fsp3) is 0.333. The van der Waals surface area contributed by atoms with E-state index in [1.807, 2.05) is 0 Å². The summed E-state index contributed by atoms with van der Waals surface area (Å²) in [6, 6.07) is 4.92. The lowest BCUT2D eigenvalue weighted by atomic mass is 10.1. The van der Waals surface area contributed by atoms with E-state index in [0.717, 1.165) is 5.56 Å². The Hall–Kier alpha value is -0.600. The van der Waals surface area contributed by atoms with E-state index < -0.39 is 0 Å². The molecule has 66 valence electrons. The second kappa shape index (κ2) is 4.43. The summed E-state index contributed by atoms with van der Waals surface area (Å²) in [7, 11) is 1.54. The van der Waals surface area contributed by atoms with Crippen LogP contribution < -0.4 is 0 Å². The first-order valence-corrected chi connectivity index (χ1v) is 4.13. The lowest BCUT2D eigenvalue weighted by Gasteiger charge is -2.02. The van der Waals surface area contributed by atoms with E-state index >= 15 is 0 Å². The Morgan fingerprint density at radius 1 is 1.50 bits per heavy atom. The highest BCUT2D eigenvalue weighted by atomic mass is 35.5. The molecule has 0 spiro atoms. The molecule has 0 heterocycles. The number of alkyl halides is 1. The molecular formula is C9H10ClFO. The molecule has 1 rings (SSSR count). The largest absolute Gasteiger partial charge is 0.380 e. The van der Waals surface area contributed by atoms with Crippen LogP contribution in [0.1, 0.15) is 11.1 Å². The van der Waals surface area contributed by atoms with Crippen molar-refractivity contribution in [3.8, 4) is 0 Å². The quantitative estimate of drug-likeness (QED) is 0.663. The van der Waals surface area contributed by atoms with Crippen LogP contribution in [0.2, 0.25) is 0 Å². The summed E-state index contributed by atoms with van der Waals surface area (Å²) < 4.78 is 17.9. The average Bonchev–Trinajstić information content (AvgIpc) is 2.09. The van der Waals surface area contributed by atoms with Gasteiger partial charge in [-0.05, 0) is 11.6 Å². The van der Waals surface area contributed by atoms with Crippen LogP contribution in [0.5, 0.6) is 0 Å². The Labute approximate surface area is 76.1 Å². The number of benzene rings is 1. The van der Waals surface area contributed by atoms with E-state index in [1.54, 1.807) is 12.1 Å². The minimum absolute atomic E-state index is 0.255. The molecule has 0 aliphatic rings. The molecule has 1 aromatic rings. The van der Waals surface area contributed by atoms with E-state index in [0.29, 0.717) is 18.1 Å². The first kappa shape index (κ1) is 9.49. The van der Waals surface area contributed by atoms with Crippen LogP contribution in [0, 0.1) is 5.82 Å². The van der Waals surface area contributed by atoms with Crippen molar-refractivity contribution in [1.29, 1.82) is 0 Å². The number of halogens is 2. The van der Waals surface area contributed by atoms with Crippen molar-refractivity contribution in [3.05, 3.63) is 35.1 Å². The predicted molar refractivity (Wildman–Crippen MR) is 46.7 cm³/mol. The highest BCUT2D eigenvalue weighted by Gasteiger charge is 2.01. The highest BCUT2D eigenvalue weighted by molar-refractivity contribution is 6.17. The third kappa shape index (κ3) is 2.19. The van der Waals surface area contributed by atoms with Gasteiger partial charge in [0, 0.05) is 18.6 Å². The van der Waals surface area contributed by atoms with Gasteiger partial charge in [-0.15, -0.1) is 11.6 Å². The van der Waals surface area contributed by atoms with Crippen LogP contribution in [0.15, 0.2) is 18.2 Å². The molecule has 3 heteroatoms. The average molecular weight is 189 g/mol. The van der Waals surface area contributed by atoms with Crippen LogP contribution in [-0.4, -0.2) is 7.11 Å². The van der Waals surface area contributed by atoms with Crippen molar-refractivity contribution >= 4 is 11.6 Å². The van der Waals surface area contributed by atoms with Gasteiger partial charge in [-0.25, -0.2) is 4.39 Å². The van der Waals surface area contributed by atoms with Crippen LogP contribution >= 0.6 is 11.6 Å². The maximum absolute atomic E-state index is 13.1. The van der Waals surface area contributed by atoms with Crippen molar-refractivity contribution in [3.63, 3.8) is 0 Å². The van der Waals surface area contributed by atoms with E-state index in [9.17, 15) is 4.39 Å². The lowest BCUT2D eigenvalue weighted by molar-refractivity contribution is 0.181. The minimum Gasteiger partial charge on any atom is -0.380 e. The molecule has 0 aliphatic carbocycles. The smallest absolute Gasteiger partial charge is 0.129 e. The second-order valence-corrected chi connectivity index (χ2v) is 2.76. The van der Waals surface area contributed by atoms with Gasteiger partial charge >= 0.3 is 0 Å². The molecule has 0 radical (unpaired) electrons. The summed E-state index contributed by atoms with van der Waals surface area (Å²) in [6.07, 6.45) is 0. The number of hydrogen-bond acceptors (Lipinski definition) is 1. The van der Waals surface area contributed by atoms with Crippen LogP contribution in [0.3, 0.4) is 0 Å². The van der Waals surface area contributed by atoms with Gasteiger partial charge in [0.05, 0.1) is 6.61 Å². The van der Waals surface area contributed by atoms with Crippen molar-refractivity contribution in [2.45, 2.75) is 12.5 Å². The molecule has 0 amide bonds. The van der Waals surface area contributed by atoms with E-state index in [1.165, 1.54) is 13.2 Å². The number of rotatable bonds is 3. The highest BCUT2D eigenvalue weighted by Crippen LogP contribution is 2.12. The molecule has 0 bridgehead atoms. The van der Waals surface area contributed by atoms with Crippen LogP contribution in [0.4, 0.5) is 4.39 Å². The molecule has 0 unspecified atom stereocenters. The van der Waals surface area contributed by atoms with Gasteiger partial charge in [0.2, 0.25) is 0 Å². The fourth-order valence-corrected chi connectivity index (χ4v) is 1.11. The third-order valence-corrected chi connectivity index (χ3v) is 1.88. The summed E-state index contributed by atoms with van der Waals surface area (Å²) in [5.74, 6) is 0.0829. The number of ether oxygens (including phenoxy) is 1. The van der Waals surface area contributed by atoms with E-state index in [2.05, 4.69) is 0 Å². The third-order valence-electron chi connectivity index (χ3n) is 1.57. The van der Waals surface area contributed by atoms with Crippen molar-refractivity contribution in [2.24, 2.45) is 0 Å². The summed E-state index contributed by atoms with van der Waals surface area (Å²) in [4.78, 5) is 0. The molecule has 0 N–H and O–H groups in total. The van der Waals surface area contributed by atoms with Crippen LogP contribution in [-0.2, 0) is 17.2 Å². The van der Waals surface area contributed by atoms with Crippen molar-refractivity contribution in [1.82, 2.24) is 0 Å². The maximum atomic E-state index is 13.1. The molecule has 0 aliphatic heterocycles. The molecule has 1 aromatic carbocycles. The Morgan fingerprint density at radius 3 is 2.75 bits per heavy atom. The number of hydrogen-bond donors (Lipinski definition) is 0. The van der Waals surface area contributed by atoms with Crippen LogP contribution in [0.25, 0.3) is 0 Å². The molecule has 0 fully saturated rings. The van der Waals surface area contributed by atoms with E-state index in [-0.39, 0.29) is 5.82 Å². The SMILES string of the molecule is COCc1ccc(CCl)cc1F. The summed E-state index contributed by atoms with van der Waals surface area (Å²) in [6.45, 7) is 0.300. The topological polar surface area (TPSA) is 9.23 Å². The molecule has 0 atom stereocenters. The minimum atomic E-state index is -0.255. The first-order valence-electron chi connectivity index (χ1n) is 3.60. The second-order valence-electron chi connectivity index (χ2n) is 2.49. The Morgan fingerprint density at radius 2 is 2.25 bits per heavy atom. The zero-order valence-corrected chi connectivity index (χ0v) is 7.57. The van der Waals surface area contributed by atoms with Gasteiger partial charge in [0.1, 0.15) is 5.82 Å². The Balaban J connectivity index is 2.87. The Kier molecular flexibility index (Phi) is 3.50. The molecule has 0 aromatic heterocycles.